The third-order valence-corrected chi connectivity index (χ3v) is 7.12. The first-order chi connectivity index (χ1) is 17.9. The second-order valence-corrected chi connectivity index (χ2v) is 11.1. The van der Waals surface area contributed by atoms with Crippen molar-refractivity contribution < 1.29 is 4.74 Å². The van der Waals surface area contributed by atoms with Gasteiger partial charge in [-0.05, 0) is 70.6 Å². The molecule has 0 saturated heterocycles. The van der Waals surface area contributed by atoms with Crippen LogP contribution in [0.4, 0.5) is 17.2 Å². The number of ether oxygens (including phenoxy) is 1. The zero-order valence-electron chi connectivity index (χ0n) is 20.9. The molecule has 0 spiro atoms. The van der Waals surface area contributed by atoms with Crippen LogP contribution in [-0.2, 0) is 5.41 Å². The maximum atomic E-state index is 6.31. The van der Waals surface area contributed by atoms with Crippen molar-refractivity contribution in [2.45, 2.75) is 26.2 Å². The number of pyridine rings is 2. The molecule has 0 bridgehead atoms. The lowest BCUT2D eigenvalue weighted by atomic mass is 9.87. The molecule has 0 N–H and O–H groups in total. The lowest BCUT2D eigenvalue weighted by Gasteiger charge is -2.28. The summed E-state index contributed by atoms with van der Waals surface area (Å²) in [5.74, 6) is 2.38. The summed E-state index contributed by atoms with van der Waals surface area (Å²) in [5, 5.41) is 0. The van der Waals surface area contributed by atoms with Gasteiger partial charge in [-0.25, -0.2) is 4.98 Å². The fraction of sp³-hybridized carbons (Fsp3) is 0.125. The third-order valence-electron chi connectivity index (χ3n) is 6.63. The van der Waals surface area contributed by atoms with Crippen LogP contribution < -0.4 is 9.64 Å². The standard InChI is InChI=1S/C32H26BrN3O/c1-32(2,3)21-13-16-35-31(17-21)36-29-14-15-34-20-28(29)26-10-5-4-9-25(26)27-12-11-24(19-30(27)36)37-23-8-6-7-22(33)18-23/h4-20H,1-3H3. The summed E-state index contributed by atoms with van der Waals surface area (Å²) < 4.78 is 7.29. The van der Waals surface area contributed by atoms with Gasteiger partial charge in [-0.3, -0.25) is 9.88 Å². The number of rotatable bonds is 3. The monoisotopic (exact) mass is 547 g/mol. The lowest BCUT2D eigenvalue weighted by Crippen LogP contribution is -2.16. The van der Waals surface area contributed by atoms with Crippen LogP contribution in [0, 0.1) is 0 Å². The Morgan fingerprint density at radius 1 is 0.703 bits per heavy atom. The first-order valence-corrected chi connectivity index (χ1v) is 13.1. The first-order valence-electron chi connectivity index (χ1n) is 12.3. The molecule has 3 heterocycles. The molecule has 1 aliphatic heterocycles. The van der Waals surface area contributed by atoms with Crippen molar-refractivity contribution in [3.63, 3.8) is 0 Å². The minimum absolute atomic E-state index is 0.0118. The normalized spacial score (nSPS) is 12.3. The van der Waals surface area contributed by atoms with E-state index in [9.17, 15) is 0 Å². The molecule has 0 aliphatic carbocycles. The lowest BCUT2D eigenvalue weighted by molar-refractivity contribution is 0.482. The van der Waals surface area contributed by atoms with E-state index in [0.29, 0.717) is 0 Å². The van der Waals surface area contributed by atoms with Crippen LogP contribution in [-0.4, -0.2) is 9.97 Å². The van der Waals surface area contributed by atoms with Crippen LogP contribution in [0.25, 0.3) is 22.3 Å². The summed E-state index contributed by atoms with van der Waals surface area (Å²) in [5.41, 5.74) is 7.70. The van der Waals surface area contributed by atoms with Crippen molar-refractivity contribution in [3.8, 4) is 33.8 Å². The number of aromatic nitrogens is 2. The van der Waals surface area contributed by atoms with Crippen molar-refractivity contribution in [3.05, 3.63) is 114 Å². The fourth-order valence-electron chi connectivity index (χ4n) is 4.78. The maximum Gasteiger partial charge on any atom is 0.137 e. The molecule has 3 aromatic carbocycles. The number of hydrogen-bond donors (Lipinski definition) is 0. The summed E-state index contributed by atoms with van der Waals surface area (Å²) >= 11 is 3.54. The highest BCUT2D eigenvalue weighted by atomic mass is 79.9. The van der Waals surface area contributed by atoms with Crippen molar-refractivity contribution in [2.24, 2.45) is 0 Å². The van der Waals surface area contributed by atoms with Gasteiger partial charge >= 0.3 is 0 Å². The van der Waals surface area contributed by atoms with Gasteiger partial charge in [0.25, 0.3) is 0 Å². The van der Waals surface area contributed by atoms with E-state index in [4.69, 9.17) is 9.72 Å². The molecule has 37 heavy (non-hydrogen) atoms. The third kappa shape index (κ3) is 4.40. The quantitative estimate of drug-likeness (QED) is 0.221. The first kappa shape index (κ1) is 23.4. The van der Waals surface area contributed by atoms with Crippen LogP contribution in [0.2, 0.25) is 0 Å². The molecule has 0 saturated carbocycles. The summed E-state index contributed by atoms with van der Waals surface area (Å²) in [6.07, 6.45) is 5.69. The molecule has 5 aromatic rings. The molecule has 0 radical (unpaired) electrons. The molecule has 6 rings (SSSR count). The fourth-order valence-corrected chi connectivity index (χ4v) is 5.16. The molecule has 182 valence electrons. The summed E-state index contributed by atoms with van der Waals surface area (Å²) in [6, 6.07) is 29.0. The summed E-state index contributed by atoms with van der Waals surface area (Å²) in [6.45, 7) is 6.67. The van der Waals surface area contributed by atoms with E-state index in [0.717, 1.165) is 55.4 Å². The second kappa shape index (κ2) is 9.16. The van der Waals surface area contributed by atoms with Gasteiger partial charge in [0.15, 0.2) is 0 Å². The molecule has 0 atom stereocenters. The molecule has 0 amide bonds. The Morgan fingerprint density at radius 3 is 2.27 bits per heavy atom. The number of anilines is 3. The van der Waals surface area contributed by atoms with Gasteiger partial charge in [-0.1, -0.05) is 67.0 Å². The highest BCUT2D eigenvalue weighted by molar-refractivity contribution is 9.10. The van der Waals surface area contributed by atoms with Gasteiger partial charge in [-0.2, -0.15) is 0 Å². The van der Waals surface area contributed by atoms with E-state index in [1.54, 1.807) is 0 Å². The van der Waals surface area contributed by atoms with E-state index in [-0.39, 0.29) is 5.41 Å². The smallest absolute Gasteiger partial charge is 0.137 e. The van der Waals surface area contributed by atoms with E-state index in [1.165, 1.54) is 5.56 Å². The molecule has 4 nitrogen and oxygen atoms in total. The van der Waals surface area contributed by atoms with Gasteiger partial charge in [-0.15, -0.1) is 0 Å². The highest BCUT2D eigenvalue weighted by Crippen LogP contribution is 2.51. The van der Waals surface area contributed by atoms with Gasteiger partial charge in [0.05, 0.1) is 11.4 Å². The molecular formula is C32H26BrN3O. The molecule has 0 unspecified atom stereocenters. The Morgan fingerprint density at radius 2 is 1.49 bits per heavy atom. The zero-order valence-corrected chi connectivity index (χ0v) is 22.5. The molecule has 0 fully saturated rings. The molecule has 2 aromatic heterocycles. The van der Waals surface area contributed by atoms with Crippen LogP contribution in [0.3, 0.4) is 0 Å². The minimum atomic E-state index is -0.0118. The van der Waals surface area contributed by atoms with E-state index < -0.39 is 0 Å². The van der Waals surface area contributed by atoms with Crippen LogP contribution in [0.5, 0.6) is 11.5 Å². The Kier molecular flexibility index (Phi) is 5.81. The Hall–Kier alpha value is -3.96. The van der Waals surface area contributed by atoms with Crippen LogP contribution in [0.15, 0.2) is 108 Å². The average molecular weight is 548 g/mol. The molecular weight excluding hydrogens is 522 g/mol. The Balaban J connectivity index is 1.61. The SMILES string of the molecule is CC(C)(C)c1ccnc(N2c3ccncc3-c3ccccc3-c3ccc(Oc4cccc(Br)c4)cc32)c1. The van der Waals surface area contributed by atoms with Crippen molar-refractivity contribution >= 4 is 33.1 Å². The minimum Gasteiger partial charge on any atom is -0.457 e. The van der Waals surface area contributed by atoms with Crippen LogP contribution >= 0.6 is 15.9 Å². The zero-order chi connectivity index (χ0) is 25.6. The van der Waals surface area contributed by atoms with Gasteiger partial charge < -0.3 is 4.74 Å². The second-order valence-electron chi connectivity index (χ2n) is 10.2. The van der Waals surface area contributed by atoms with Gasteiger partial charge in [0.1, 0.15) is 17.3 Å². The van der Waals surface area contributed by atoms with E-state index in [2.05, 4.69) is 101 Å². The predicted molar refractivity (Wildman–Crippen MR) is 154 cm³/mol. The molecule has 1 aliphatic rings. The maximum absolute atomic E-state index is 6.31. The summed E-state index contributed by atoms with van der Waals surface area (Å²) in [7, 11) is 0. The number of halogens is 1. The number of hydrogen-bond acceptors (Lipinski definition) is 4. The van der Waals surface area contributed by atoms with E-state index in [1.807, 2.05) is 48.9 Å². The Labute approximate surface area is 225 Å². The largest absolute Gasteiger partial charge is 0.457 e. The average Bonchev–Trinajstić information content (AvgIpc) is 3.01. The topological polar surface area (TPSA) is 38.2 Å². The highest BCUT2D eigenvalue weighted by Gasteiger charge is 2.28. The number of benzene rings is 3. The Bertz CT molecular complexity index is 1620. The van der Waals surface area contributed by atoms with E-state index >= 15 is 0 Å². The number of nitrogens with zero attached hydrogens (tertiary/aromatic N) is 3. The number of fused-ring (bicyclic) bond motifs is 5. The van der Waals surface area contributed by atoms with Crippen molar-refractivity contribution in [1.29, 1.82) is 0 Å². The van der Waals surface area contributed by atoms with Crippen molar-refractivity contribution in [2.75, 3.05) is 4.90 Å². The van der Waals surface area contributed by atoms with Gasteiger partial charge in [0.2, 0.25) is 0 Å². The van der Waals surface area contributed by atoms with Gasteiger partial charge in [0, 0.05) is 40.3 Å². The van der Waals surface area contributed by atoms with Crippen LogP contribution in [0.1, 0.15) is 26.3 Å². The predicted octanol–water partition coefficient (Wildman–Crippen LogP) is 9.45. The molecule has 5 heteroatoms. The summed E-state index contributed by atoms with van der Waals surface area (Å²) in [4.78, 5) is 11.6. The van der Waals surface area contributed by atoms with Crippen molar-refractivity contribution in [1.82, 2.24) is 9.97 Å².